The summed E-state index contributed by atoms with van der Waals surface area (Å²) in [5.74, 6) is 1.70. The van der Waals surface area contributed by atoms with Crippen LogP contribution >= 0.6 is 0 Å². The van der Waals surface area contributed by atoms with E-state index in [0.29, 0.717) is 26.2 Å². The number of piperidine rings is 1. The van der Waals surface area contributed by atoms with Gasteiger partial charge in [-0.1, -0.05) is 12.1 Å². The summed E-state index contributed by atoms with van der Waals surface area (Å²) in [4.78, 5) is 14.0. The predicted octanol–water partition coefficient (Wildman–Crippen LogP) is 2.65. The third-order valence-corrected chi connectivity index (χ3v) is 6.14. The van der Waals surface area contributed by atoms with Gasteiger partial charge in [-0.3, -0.25) is 4.79 Å². The Bertz CT molecular complexity index is 918. The van der Waals surface area contributed by atoms with E-state index in [2.05, 4.69) is 0 Å². The Kier molecular flexibility index (Phi) is 5.80. The Morgan fingerprint density at radius 1 is 0.935 bits per heavy atom. The number of hydrogen-bond donors (Lipinski definition) is 1. The van der Waals surface area contributed by atoms with E-state index in [4.69, 9.17) is 24.7 Å². The van der Waals surface area contributed by atoms with Crippen LogP contribution in [0.15, 0.2) is 48.5 Å². The molecule has 3 heterocycles. The summed E-state index contributed by atoms with van der Waals surface area (Å²) >= 11 is 0. The standard InChI is InChI=1S/C24H28N2O5/c25-13-16-4-3-5-19(12-16)31-21-15-29-23-20(14-28-24(21)23)30-18-9-7-17(8-10-18)26-11-2-1-6-22(26)27/h3-5,7-10,12,20-21,23-24H,1-2,6,11,13-15,25H2/t20-,21+,23-,24-/m1/s1. The van der Waals surface area contributed by atoms with Crippen molar-refractivity contribution in [1.82, 2.24) is 0 Å². The van der Waals surface area contributed by atoms with Gasteiger partial charge in [-0.2, -0.15) is 0 Å². The van der Waals surface area contributed by atoms with E-state index in [1.165, 1.54) is 0 Å². The maximum atomic E-state index is 12.1. The second-order valence-electron chi connectivity index (χ2n) is 8.26. The van der Waals surface area contributed by atoms with Gasteiger partial charge in [0.25, 0.3) is 0 Å². The molecule has 164 valence electrons. The Morgan fingerprint density at radius 3 is 2.32 bits per heavy atom. The maximum absolute atomic E-state index is 12.1. The summed E-state index contributed by atoms with van der Waals surface area (Å²) in [6.07, 6.45) is 1.92. The van der Waals surface area contributed by atoms with Gasteiger partial charge in [0.05, 0.1) is 13.2 Å². The Hall–Kier alpha value is -2.61. The third kappa shape index (κ3) is 4.26. The first-order valence-electron chi connectivity index (χ1n) is 11.0. The van der Waals surface area contributed by atoms with Crippen LogP contribution < -0.4 is 20.1 Å². The number of nitrogens with zero attached hydrogens (tertiary/aromatic N) is 1. The van der Waals surface area contributed by atoms with Crippen molar-refractivity contribution >= 4 is 11.6 Å². The quantitative estimate of drug-likeness (QED) is 0.768. The summed E-state index contributed by atoms with van der Waals surface area (Å²) < 4.78 is 24.3. The van der Waals surface area contributed by atoms with Gasteiger partial charge in [0.2, 0.25) is 5.91 Å². The van der Waals surface area contributed by atoms with Gasteiger partial charge in [-0.25, -0.2) is 0 Å². The van der Waals surface area contributed by atoms with Gasteiger partial charge < -0.3 is 29.6 Å². The van der Waals surface area contributed by atoms with E-state index < -0.39 is 0 Å². The van der Waals surface area contributed by atoms with Crippen LogP contribution in [0.1, 0.15) is 24.8 Å². The van der Waals surface area contributed by atoms with Crippen LogP contribution in [0.25, 0.3) is 0 Å². The molecular formula is C24H28N2O5. The normalized spacial score (nSPS) is 27.9. The highest BCUT2D eigenvalue weighted by atomic mass is 16.6. The number of carbonyl (C=O) groups is 1. The summed E-state index contributed by atoms with van der Waals surface area (Å²) in [5, 5.41) is 0. The van der Waals surface area contributed by atoms with Crippen LogP contribution in [0.5, 0.6) is 11.5 Å². The lowest BCUT2D eigenvalue weighted by atomic mass is 10.1. The van der Waals surface area contributed by atoms with Crippen molar-refractivity contribution in [2.75, 3.05) is 24.7 Å². The van der Waals surface area contributed by atoms with Crippen molar-refractivity contribution in [3.8, 4) is 11.5 Å². The molecule has 2 aromatic carbocycles. The van der Waals surface area contributed by atoms with Gasteiger partial charge in [0.1, 0.15) is 23.7 Å². The van der Waals surface area contributed by atoms with Gasteiger partial charge in [-0.15, -0.1) is 0 Å². The zero-order valence-electron chi connectivity index (χ0n) is 17.4. The molecule has 3 aliphatic rings. The lowest BCUT2D eigenvalue weighted by Gasteiger charge is -2.27. The Balaban J connectivity index is 1.20. The minimum absolute atomic E-state index is 0.170. The van der Waals surface area contributed by atoms with Crippen LogP contribution in [0.4, 0.5) is 5.69 Å². The molecule has 0 aliphatic carbocycles. The first-order valence-corrected chi connectivity index (χ1v) is 11.0. The predicted molar refractivity (Wildman–Crippen MR) is 115 cm³/mol. The summed E-state index contributed by atoms with van der Waals surface area (Å²) in [6.45, 7) is 2.16. The summed E-state index contributed by atoms with van der Waals surface area (Å²) in [5.41, 5.74) is 7.67. The van der Waals surface area contributed by atoms with Crippen LogP contribution in [0.2, 0.25) is 0 Å². The number of hydrogen-bond acceptors (Lipinski definition) is 6. The number of nitrogens with two attached hydrogens (primary N) is 1. The average Bonchev–Trinajstić information content (AvgIpc) is 3.38. The zero-order chi connectivity index (χ0) is 21.2. The van der Waals surface area contributed by atoms with Crippen molar-refractivity contribution in [2.24, 2.45) is 5.73 Å². The monoisotopic (exact) mass is 424 g/mol. The maximum Gasteiger partial charge on any atom is 0.226 e. The van der Waals surface area contributed by atoms with E-state index in [1.807, 2.05) is 53.4 Å². The Labute approximate surface area is 182 Å². The highest BCUT2D eigenvalue weighted by molar-refractivity contribution is 5.94. The van der Waals surface area contributed by atoms with Crippen LogP contribution in [-0.4, -0.2) is 50.1 Å². The highest BCUT2D eigenvalue weighted by Crippen LogP contribution is 2.33. The van der Waals surface area contributed by atoms with Gasteiger partial charge in [0.15, 0.2) is 12.2 Å². The molecule has 0 bridgehead atoms. The highest BCUT2D eigenvalue weighted by Gasteiger charge is 2.50. The molecule has 3 saturated heterocycles. The molecule has 4 atom stereocenters. The smallest absolute Gasteiger partial charge is 0.226 e. The largest absolute Gasteiger partial charge is 0.485 e. The van der Waals surface area contributed by atoms with Gasteiger partial charge in [0, 0.05) is 25.2 Å². The summed E-state index contributed by atoms with van der Waals surface area (Å²) in [6, 6.07) is 15.5. The van der Waals surface area contributed by atoms with Crippen molar-refractivity contribution in [3.05, 3.63) is 54.1 Å². The molecule has 0 radical (unpaired) electrons. The lowest BCUT2D eigenvalue weighted by Crippen LogP contribution is -2.36. The molecule has 7 nitrogen and oxygen atoms in total. The molecule has 0 unspecified atom stereocenters. The fraction of sp³-hybridized carbons (Fsp3) is 0.458. The lowest BCUT2D eigenvalue weighted by molar-refractivity contribution is -0.119. The molecule has 5 rings (SSSR count). The minimum Gasteiger partial charge on any atom is -0.485 e. The molecule has 2 aromatic rings. The van der Waals surface area contributed by atoms with Crippen molar-refractivity contribution in [1.29, 1.82) is 0 Å². The molecular weight excluding hydrogens is 396 g/mol. The van der Waals surface area contributed by atoms with Crippen molar-refractivity contribution < 1.29 is 23.7 Å². The molecule has 1 amide bonds. The molecule has 31 heavy (non-hydrogen) atoms. The average molecular weight is 424 g/mol. The molecule has 0 aromatic heterocycles. The number of carbonyl (C=O) groups excluding carboxylic acids is 1. The number of fused-ring (bicyclic) bond motifs is 1. The molecule has 3 fully saturated rings. The number of ether oxygens (including phenoxy) is 4. The second kappa shape index (κ2) is 8.86. The molecule has 7 heteroatoms. The molecule has 2 N–H and O–H groups in total. The molecule has 0 spiro atoms. The van der Waals surface area contributed by atoms with Crippen LogP contribution in [-0.2, 0) is 20.8 Å². The number of anilines is 1. The summed E-state index contributed by atoms with van der Waals surface area (Å²) in [7, 11) is 0. The molecule has 0 saturated carbocycles. The minimum atomic E-state index is -0.198. The number of amides is 1. The van der Waals surface area contributed by atoms with Crippen molar-refractivity contribution in [3.63, 3.8) is 0 Å². The second-order valence-corrected chi connectivity index (χ2v) is 8.26. The van der Waals surface area contributed by atoms with E-state index in [9.17, 15) is 4.79 Å². The van der Waals surface area contributed by atoms with Crippen LogP contribution in [0, 0.1) is 0 Å². The van der Waals surface area contributed by atoms with Gasteiger partial charge >= 0.3 is 0 Å². The van der Waals surface area contributed by atoms with Crippen molar-refractivity contribution in [2.45, 2.75) is 50.2 Å². The number of rotatable bonds is 6. The third-order valence-electron chi connectivity index (χ3n) is 6.14. The van der Waals surface area contributed by atoms with Crippen LogP contribution in [0.3, 0.4) is 0 Å². The zero-order valence-corrected chi connectivity index (χ0v) is 17.4. The Morgan fingerprint density at radius 2 is 1.65 bits per heavy atom. The van der Waals surface area contributed by atoms with E-state index in [1.54, 1.807) is 0 Å². The SMILES string of the molecule is NCc1cccc(O[C@H]2CO[C@H]3[C@@H]2OC[C@H]3Oc2ccc(N3CCCCC3=O)cc2)c1. The fourth-order valence-electron chi connectivity index (χ4n) is 4.51. The first kappa shape index (κ1) is 20.3. The number of benzene rings is 2. The van der Waals surface area contributed by atoms with E-state index >= 15 is 0 Å². The first-order chi connectivity index (χ1) is 15.2. The van der Waals surface area contributed by atoms with Gasteiger partial charge in [-0.05, 0) is 54.8 Å². The topological polar surface area (TPSA) is 83.2 Å². The van der Waals surface area contributed by atoms with E-state index in [-0.39, 0.29) is 30.3 Å². The van der Waals surface area contributed by atoms with E-state index in [0.717, 1.165) is 42.1 Å². The molecule has 3 aliphatic heterocycles. The fourth-order valence-corrected chi connectivity index (χ4v) is 4.51.